The molecule has 1 amide bonds. The molecule has 1 aromatic carbocycles. The van der Waals surface area contributed by atoms with E-state index in [2.05, 4.69) is 5.32 Å². The molecule has 0 saturated heterocycles. The molecule has 0 radical (unpaired) electrons. The molecule has 4 nitrogen and oxygen atoms in total. The minimum absolute atomic E-state index is 0.0300. The van der Waals surface area contributed by atoms with E-state index in [1.54, 1.807) is 11.8 Å². The number of rotatable bonds is 5. The van der Waals surface area contributed by atoms with E-state index in [9.17, 15) is 9.59 Å². The Morgan fingerprint density at radius 2 is 1.77 bits per heavy atom. The Bertz CT molecular complexity index is 548. The number of carboxylic acid groups (broad SMARTS) is 1. The van der Waals surface area contributed by atoms with Gasteiger partial charge in [-0.1, -0.05) is 31.0 Å². The second-order valence-corrected chi connectivity index (χ2v) is 7.75. The summed E-state index contributed by atoms with van der Waals surface area (Å²) in [5, 5.41) is 12.0. The molecule has 0 atom stereocenters. The van der Waals surface area contributed by atoms with E-state index in [4.69, 9.17) is 5.11 Å². The highest BCUT2D eigenvalue weighted by Crippen LogP contribution is 2.46. The van der Waals surface area contributed by atoms with Crippen LogP contribution in [-0.4, -0.2) is 27.8 Å². The van der Waals surface area contributed by atoms with Crippen LogP contribution in [0.3, 0.4) is 0 Å². The van der Waals surface area contributed by atoms with Gasteiger partial charge in [0.15, 0.2) is 0 Å². The summed E-state index contributed by atoms with van der Waals surface area (Å²) in [5.41, 5.74) is 0. The first-order valence-electron chi connectivity index (χ1n) is 7.87. The Kier molecular flexibility index (Phi) is 4.43. The molecule has 0 aromatic heterocycles. The molecule has 0 unspecified atom stereocenters. The van der Waals surface area contributed by atoms with Crippen molar-refractivity contribution in [3.63, 3.8) is 0 Å². The molecule has 3 rings (SSSR count). The Hall–Kier alpha value is -1.49. The largest absolute Gasteiger partial charge is 0.481 e. The van der Waals surface area contributed by atoms with E-state index < -0.39 is 5.97 Å². The summed E-state index contributed by atoms with van der Waals surface area (Å²) in [4.78, 5) is 24.8. The number of thioether (sulfide) groups is 1. The highest BCUT2D eigenvalue weighted by Gasteiger charge is 2.44. The monoisotopic (exact) mass is 319 g/mol. The Balaban J connectivity index is 1.63. The normalized spacial score (nSPS) is 26.2. The van der Waals surface area contributed by atoms with Crippen molar-refractivity contribution in [1.29, 1.82) is 0 Å². The van der Waals surface area contributed by atoms with Crippen molar-refractivity contribution in [2.24, 2.45) is 5.92 Å². The third-order valence-electron chi connectivity index (χ3n) is 4.70. The van der Waals surface area contributed by atoms with Gasteiger partial charge in [-0.2, -0.15) is 0 Å². The summed E-state index contributed by atoms with van der Waals surface area (Å²) in [5.74, 6) is -0.945. The van der Waals surface area contributed by atoms with E-state index in [1.165, 1.54) is 0 Å². The number of carbonyl (C=O) groups excluding carboxylic acids is 1. The molecule has 118 valence electrons. The Labute approximate surface area is 134 Å². The van der Waals surface area contributed by atoms with Crippen LogP contribution in [0.2, 0.25) is 0 Å². The van der Waals surface area contributed by atoms with Crippen molar-refractivity contribution < 1.29 is 14.7 Å². The van der Waals surface area contributed by atoms with Crippen LogP contribution in [0.25, 0.3) is 0 Å². The lowest BCUT2D eigenvalue weighted by Gasteiger charge is -2.36. The predicted octanol–water partition coefficient (Wildman–Crippen LogP) is 3.07. The zero-order valence-corrected chi connectivity index (χ0v) is 13.3. The summed E-state index contributed by atoms with van der Waals surface area (Å²) >= 11 is 1.66. The van der Waals surface area contributed by atoms with Gasteiger partial charge < -0.3 is 10.4 Å². The first kappa shape index (κ1) is 15.4. The van der Waals surface area contributed by atoms with E-state index in [1.807, 2.05) is 30.3 Å². The van der Waals surface area contributed by atoms with E-state index in [0.717, 1.165) is 30.6 Å². The molecule has 2 aliphatic carbocycles. The van der Waals surface area contributed by atoms with Gasteiger partial charge in [0.2, 0.25) is 5.91 Å². The van der Waals surface area contributed by atoms with Crippen LogP contribution >= 0.6 is 11.8 Å². The van der Waals surface area contributed by atoms with Crippen LogP contribution in [0.1, 0.15) is 38.5 Å². The molecular formula is C17H21NO3S. The number of hydrogen-bond acceptors (Lipinski definition) is 3. The zero-order chi connectivity index (χ0) is 15.6. The molecule has 0 aliphatic heterocycles. The fourth-order valence-electron chi connectivity index (χ4n) is 3.29. The molecule has 2 aliphatic rings. The second kappa shape index (κ2) is 6.32. The summed E-state index contributed by atoms with van der Waals surface area (Å²) in [6.45, 7) is 0. The van der Waals surface area contributed by atoms with Crippen LogP contribution in [0.15, 0.2) is 35.2 Å². The lowest BCUT2D eigenvalue weighted by Crippen LogP contribution is -2.52. The molecule has 2 fully saturated rings. The lowest BCUT2D eigenvalue weighted by molar-refractivity contribution is -0.146. The summed E-state index contributed by atoms with van der Waals surface area (Å²) in [7, 11) is 0. The number of hydrogen-bond donors (Lipinski definition) is 2. The second-order valence-electron chi connectivity index (χ2n) is 6.29. The topological polar surface area (TPSA) is 66.4 Å². The summed E-state index contributed by atoms with van der Waals surface area (Å²) in [6.07, 6.45) is 5.08. The maximum Gasteiger partial charge on any atom is 0.306 e. The molecular weight excluding hydrogens is 298 g/mol. The molecule has 0 spiro atoms. The van der Waals surface area contributed by atoms with Gasteiger partial charge in [-0.25, -0.2) is 0 Å². The minimum atomic E-state index is -0.750. The number of aliphatic carboxylic acids is 1. The molecule has 2 N–H and O–H groups in total. The quantitative estimate of drug-likeness (QED) is 0.875. The Morgan fingerprint density at radius 1 is 1.14 bits per heavy atom. The highest BCUT2D eigenvalue weighted by atomic mass is 32.2. The van der Waals surface area contributed by atoms with Crippen LogP contribution in [0.5, 0.6) is 0 Å². The van der Waals surface area contributed by atoms with Gasteiger partial charge in [-0.3, -0.25) is 9.59 Å². The van der Waals surface area contributed by atoms with Crippen molar-refractivity contribution in [1.82, 2.24) is 5.32 Å². The van der Waals surface area contributed by atoms with Gasteiger partial charge >= 0.3 is 5.97 Å². The smallest absolute Gasteiger partial charge is 0.306 e. The number of carboxylic acids is 1. The van der Waals surface area contributed by atoms with Crippen LogP contribution in [-0.2, 0) is 9.59 Å². The summed E-state index contributed by atoms with van der Waals surface area (Å²) < 4.78 is -0.379. The third kappa shape index (κ3) is 3.14. The zero-order valence-electron chi connectivity index (χ0n) is 12.5. The van der Waals surface area contributed by atoms with Gasteiger partial charge in [-0.15, -0.1) is 11.8 Å². The number of amides is 1. The maximum absolute atomic E-state index is 12.8. The van der Waals surface area contributed by atoms with Crippen molar-refractivity contribution in [3.05, 3.63) is 30.3 Å². The lowest BCUT2D eigenvalue weighted by atomic mass is 9.80. The highest BCUT2D eigenvalue weighted by molar-refractivity contribution is 8.01. The van der Waals surface area contributed by atoms with E-state index >= 15 is 0 Å². The molecule has 0 bridgehead atoms. The van der Waals surface area contributed by atoms with Crippen LogP contribution in [0, 0.1) is 5.92 Å². The molecule has 5 heteroatoms. The van der Waals surface area contributed by atoms with Crippen molar-refractivity contribution in [3.8, 4) is 0 Å². The fraction of sp³-hybridized carbons (Fsp3) is 0.529. The van der Waals surface area contributed by atoms with Gasteiger partial charge in [-0.05, 0) is 37.8 Å². The molecule has 22 heavy (non-hydrogen) atoms. The van der Waals surface area contributed by atoms with Crippen molar-refractivity contribution in [2.75, 3.05) is 0 Å². The molecule has 2 saturated carbocycles. The fourth-order valence-corrected chi connectivity index (χ4v) is 4.68. The van der Waals surface area contributed by atoms with Gasteiger partial charge in [0.05, 0.1) is 10.7 Å². The van der Waals surface area contributed by atoms with Crippen molar-refractivity contribution in [2.45, 2.75) is 54.2 Å². The van der Waals surface area contributed by atoms with Gasteiger partial charge in [0, 0.05) is 10.9 Å². The Morgan fingerprint density at radius 3 is 2.36 bits per heavy atom. The van der Waals surface area contributed by atoms with Crippen LogP contribution < -0.4 is 5.32 Å². The number of nitrogens with one attached hydrogen (secondary N) is 1. The van der Waals surface area contributed by atoms with E-state index in [0.29, 0.717) is 12.8 Å². The van der Waals surface area contributed by atoms with Crippen molar-refractivity contribution >= 4 is 23.6 Å². The standard InChI is InChI=1S/C17H21NO3S/c19-15(20)12-10-13(11-12)18-16(21)17(8-4-5-9-17)22-14-6-2-1-3-7-14/h1-3,6-7,12-13H,4-5,8-11H2,(H,18,21)(H,19,20). The molecule has 0 heterocycles. The van der Waals surface area contributed by atoms with E-state index in [-0.39, 0.29) is 22.6 Å². The number of carbonyl (C=O) groups is 2. The third-order valence-corrected chi connectivity index (χ3v) is 6.20. The first-order valence-corrected chi connectivity index (χ1v) is 8.68. The SMILES string of the molecule is O=C(O)C1CC(NC(=O)C2(Sc3ccccc3)CCCC2)C1. The van der Waals surface area contributed by atoms with Gasteiger partial charge in [0.25, 0.3) is 0 Å². The number of benzene rings is 1. The first-order chi connectivity index (χ1) is 10.6. The van der Waals surface area contributed by atoms with Gasteiger partial charge in [0.1, 0.15) is 0 Å². The maximum atomic E-state index is 12.8. The average molecular weight is 319 g/mol. The average Bonchev–Trinajstić information content (AvgIpc) is 2.92. The minimum Gasteiger partial charge on any atom is -0.481 e. The summed E-state index contributed by atoms with van der Waals surface area (Å²) in [6, 6.07) is 10.1. The van der Waals surface area contributed by atoms with Crippen LogP contribution in [0.4, 0.5) is 0 Å². The molecule has 1 aromatic rings. The predicted molar refractivity (Wildman–Crippen MR) is 85.8 cm³/mol.